The predicted molar refractivity (Wildman–Crippen MR) is 117 cm³/mol. The van der Waals surface area contributed by atoms with Gasteiger partial charge in [0.15, 0.2) is 0 Å². The van der Waals surface area contributed by atoms with E-state index in [1.807, 2.05) is 32.0 Å². The smallest absolute Gasteiger partial charge is 0.274 e. The van der Waals surface area contributed by atoms with Gasteiger partial charge in [0.1, 0.15) is 17.8 Å². The first-order chi connectivity index (χ1) is 14.1. The van der Waals surface area contributed by atoms with Gasteiger partial charge >= 0.3 is 0 Å². The molecular weight excluding hydrogens is 362 g/mol. The summed E-state index contributed by atoms with van der Waals surface area (Å²) in [5, 5.41) is 2.94. The SMILES string of the molecule is Cc1cc(C)cc(NC(=O)c2cc(N3CCN(c4ccccc4)CC3)ncn2)c1. The van der Waals surface area contributed by atoms with E-state index in [2.05, 4.69) is 55.4 Å². The van der Waals surface area contributed by atoms with Crippen LogP contribution < -0.4 is 15.1 Å². The minimum absolute atomic E-state index is 0.221. The Morgan fingerprint density at radius 2 is 1.52 bits per heavy atom. The van der Waals surface area contributed by atoms with Crippen molar-refractivity contribution in [2.75, 3.05) is 41.3 Å². The average molecular weight is 387 g/mol. The summed E-state index contributed by atoms with van der Waals surface area (Å²) in [4.78, 5) is 25.8. The highest BCUT2D eigenvalue weighted by Crippen LogP contribution is 2.20. The Bertz CT molecular complexity index is 977. The largest absolute Gasteiger partial charge is 0.368 e. The maximum absolute atomic E-state index is 12.7. The highest BCUT2D eigenvalue weighted by atomic mass is 16.1. The van der Waals surface area contributed by atoms with Gasteiger partial charge in [0.05, 0.1) is 0 Å². The molecule has 2 aromatic carbocycles. The van der Waals surface area contributed by atoms with E-state index in [1.54, 1.807) is 6.07 Å². The second kappa shape index (κ2) is 8.31. The number of piperazine rings is 1. The van der Waals surface area contributed by atoms with Crippen LogP contribution in [0.4, 0.5) is 17.2 Å². The topological polar surface area (TPSA) is 61.4 Å². The third-order valence-electron chi connectivity index (χ3n) is 5.09. The summed E-state index contributed by atoms with van der Waals surface area (Å²) in [6.45, 7) is 7.56. The van der Waals surface area contributed by atoms with Gasteiger partial charge in [-0.25, -0.2) is 9.97 Å². The van der Waals surface area contributed by atoms with Crippen molar-refractivity contribution in [3.8, 4) is 0 Å². The van der Waals surface area contributed by atoms with Crippen LogP contribution in [0.3, 0.4) is 0 Å². The first-order valence-corrected chi connectivity index (χ1v) is 9.85. The van der Waals surface area contributed by atoms with Crippen LogP contribution in [0.15, 0.2) is 60.9 Å². The van der Waals surface area contributed by atoms with E-state index >= 15 is 0 Å². The number of carbonyl (C=O) groups is 1. The molecule has 4 rings (SSSR count). The fourth-order valence-corrected chi connectivity index (χ4v) is 3.72. The number of aryl methyl sites for hydroxylation is 2. The molecule has 6 nitrogen and oxygen atoms in total. The molecule has 148 valence electrons. The monoisotopic (exact) mass is 387 g/mol. The predicted octanol–water partition coefficient (Wildman–Crippen LogP) is 3.67. The van der Waals surface area contributed by atoms with Gasteiger partial charge in [0.25, 0.3) is 5.91 Å². The Morgan fingerprint density at radius 1 is 0.862 bits per heavy atom. The number of aromatic nitrogens is 2. The molecule has 3 aromatic rings. The highest BCUT2D eigenvalue weighted by molar-refractivity contribution is 6.03. The number of benzene rings is 2. The van der Waals surface area contributed by atoms with Crippen LogP contribution in [-0.2, 0) is 0 Å². The van der Waals surface area contributed by atoms with Crippen LogP contribution in [0.1, 0.15) is 21.6 Å². The van der Waals surface area contributed by atoms with Gasteiger partial charge in [-0.1, -0.05) is 24.3 Å². The molecule has 0 radical (unpaired) electrons. The van der Waals surface area contributed by atoms with Crippen LogP contribution >= 0.6 is 0 Å². The van der Waals surface area contributed by atoms with Gasteiger partial charge in [0, 0.05) is 43.6 Å². The van der Waals surface area contributed by atoms with Crippen molar-refractivity contribution >= 4 is 23.1 Å². The lowest BCUT2D eigenvalue weighted by Crippen LogP contribution is -2.46. The van der Waals surface area contributed by atoms with Crippen molar-refractivity contribution in [3.63, 3.8) is 0 Å². The summed E-state index contributed by atoms with van der Waals surface area (Å²) in [5.74, 6) is 0.569. The normalized spacial score (nSPS) is 14.0. The zero-order valence-electron chi connectivity index (χ0n) is 16.8. The number of anilines is 3. The van der Waals surface area contributed by atoms with Gasteiger partial charge in [-0.15, -0.1) is 0 Å². The highest BCUT2D eigenvalue weighted by Gasteiger charge is 2.19. The van der Waals surface area contributed by atoms with Gasteiger partial charge in [-0.05, 0) is 49.2 Å². The van der Waals surface area contributed by atoms with Crippen LogP contribution in [0.25, 0.3) is 0 Å². The molecule has 1 amide bonds. The van der Waals surface area contributed by atoms with Crippen molar-refractivity contribution in [1.29, 1.82) is 0 Å². The Hall–Kier alpha value is -3.41. The minimum atomic E-state index is -0.221. The molecule has 1 aliphatic rings. The molecule has 6 heteroatoms. The van der Waals surface area contributed by atoms with E-state index in [-0.39, 0.29) is 5.91 Å². The molecule has 2 heterocycles. The second-order valence-electron chi connectivity index (χ2n) is 7.40. The van der Waals surface area contributed by atoms with Crippen molar-refractivity contribution in [1.82, 2.24) is 9.97 Å². The summed E-state index contributed by atoms with van der Waals surface area (Å²) in [6.07, 6.45) is 1.47. The van der Waals surface area contributed by atoms with E-state index in [0.717, 1.165) is 48.8 Å². The van der Waals surface area contributed by atoms with Gasteiger partial charge in [0.2, 0.25) is 0 Å². The lowest BCUT2D eigenvalue weighted by Gasteiger charge is -2.36. The van der Waals surface area contributed by atoms with Crippen molar-refractivity contribution in [2.24, 2.45) is 0 Å². The summed E-state index contributed by atoms with van der Waals surface area (Å²) in [6, 6.07) is 18.2. The van der Waals surface area contributed by atoms with Crippen LogP contribution in [0, 0.1) is 13.8 Å². The van der Waals surface area contributed by atoms with E-state index in [9.17, 15) is 4.79 Å². The first-order valence-electron chi connectivity index (χ1n) is 9.85. The number of nitrogens with zero attached hydrogens (tertiary/aromatic N) is 4. The quantitative estimate of drug-likeness (QED) is 0.740. The van der Waals surface area contributed by atoms with Crippen LogP contribution in [-0.4, -0.2) is 42.1 Å². The van der Waals surface area contributed by atoms with Crippen molar-refractivity contribution in [3.05, 3.63) is 77.7 Å². The maximum Gasteiger partial charge on any atom is 0.274 e. The number of hydrogen-bond acceptors (Lipinski definition) is 5. The fraction of sp³-hybridized carbons (Fsp3) is 0.261. The molecule has 1 fully saturated rings. The van der Waals surface area contributed by atoms with Gasteiger partial charge in [-0.3, -0.25) is 4.79 Å². The minimum Gasteiger partial charge on any atom is -0.368 e. The Morgan fingerprint density at radius 3 is 2.21 bits per heavy atom. The lowest BCUT2D eigenvalue weighted by molar-refractivity contribution is 0.102. The lowest BCUT2D eigenvalue weighted by atomic mass is 10.1. The van der Waals surface area contributed by atoms with Gasteiger partial charge < -0.3 is 15.1 Å². The molecule has 29 heavy (non-hydrogen) atoms. The molecule has 1 aromatic heterocycles. The zero-order chi connectivity index (χ0) is 20.2. The molecule has 1 aliphatic heterocycles. The third-order valence-corrected chi connectivity index (χ3v) is 5.09. The Balaban J connectivity index is 1.43. The molecule has 1 N–H and O–H groups in total. The molecule has 0 aliphatic carbocycles. The number of nitrogens with one attached hydrogen (secondary N) is 1. The van der Waals surface area contributed by atoms with Crippen molar-refractivity contribution < 1.29 is 4.79 Å². The molecule has 0 saturated carbocycles. The molecule has 1 saturated heterocycles. The second-order valence-corrected chi connectivity index (χ2v) is 7.40. The number of amides is 1. The molecule has 0 spiro atoms. The molecule has 0 atom stereocenters. The summed E-state index contributed by atoms with van der Waals surface area (Å²) >= 11 is 0. The standard InChI is InChI=1S/C23H25N5O/c1-17-12-18(2)14-19(13-17)26-23(29)21-15-22(25-16-24-21)28-10-8-27(9-11-28)20-6-4-3-5-7-20/h3-7,12-16H,8-11H2,1-2H3,(H,26,29). The van der Waals surface area contributed by atoms with Crippen molar-refractivity contribution in [2.45, 2.75) is 13.8 Å². The average Bonchev–Trinajstić information content (AvgIpc) is 2.74. The molecule has 0 bridgehead atoms. The number of carbonyl (C=O) groups excluding carboxylic acids is 1. The van der Waals surface area contributed by atoms with Crippen LogP contribution in [0.5, 0.6) is 0 Å². The Kier molecular flexibility index (Phi) is 5.42. The molecular formula is C23H25N5O. The summed E-state index contributed by atoms with van der Waals surface area (Å²) < 4.78 is 0. The first kappa shape index (κ1) is 18.9. The Labute approximate surface area is 171 Å². The summed E-state index contributed by atoms with van der Waals surface area (Å²) in [5.41, 5.74) is 4.62. The van der Waals surface area contributed by atoms with Crippen LogP contribution in [0.2, 0.25) is 0 Å². The van der Waals surface area contributed by atoms with E-state index in [4.69, 9.17) is 0 Å². The number of para-hydroxylation sites is 1. The van der Waals surface area contributed by atoms with E-state index in [1.165, 1.54) is 12.0 Å². The summed E-state index contributed by atoms with van der Waals surface area (Å²) in [7, 11) is 0. The number of rotatable bonds is 4. The third kappa shape index (κ3) is 4.54. The van der Waals surface area contributed by atoms with E-state index in [0.29, 0.717) is 5.69 Å². The molecule has 0 unspecified atom stereocenters. The zero-order valence-corrected chi connectivity index (χ0v) is 16.8. The maximum atomic E-state index is 12.7. The van der Waals surface area contributed by atoms with Gasteiger partial charge in [-0.2, -0.15) is 0 Å². The number of hydrogen-bond donors (Lipinski definition) is 1. The fourth-order valence-electron chi connectivity index (χ4n) is 3.72. The van der Waals surface area contributed by atoms with E-state index < -0.39 is 0 Å².